The standard InChI is InChI=1S/C10H12OS/c1-12-10-4-2-3-7-5-8(11)6-9(7)10/h2-4,8,11H,5-6H2,1H3. The minimum atomic E-state index is -0.145. The van der Waals surface area contributed by atoms with Crippen LogP contribution in [0, 0.1) is 0 Å². The minimum absolute atomic E-state index is 0.145. The lowest BCUT2D eigenvalue weighted by Crippen LogP contribution is -2.03. The molecule has 0 saturated carbocycles. The van der Waals surface area contributed by atoms with Gasteiger partial charge in [-0.05, 0) is 29.9 Å². The molecule has 0 aromatic heterocycles. The summed E-state index contributed by atoms with van der Waals surface area (Å²) >= 11 is 1.77. The van der Waals surface area contributed by atoms with Gasteiger partial charge in [-0.2, -0.15) is 0 Å². The van der Waals surface area contributed by atoms with Gasteiger partial charge in [0.1, 0.15) is 0 Å². The van der Waals surface area contributed by atoms with Gasteiger partial charge in [-0.1, -0.05) is 12.1 Å². The zero-order chi connectivity index (χ0) is 8.55. The number of thioether (sulfide) groups is 1. The molecule has 0 spiro atoms. The number of benzene rings is 1. The van der Waals surface area contributed by atoms with Gasteiger partial charge in [-0.25, -0.2) is 0 Å². The molecule has 2 heteroatoms. The second-order valence-corrected chi connectivity index (χ2v) is 4.01. The molecule has 0 amide bonds. The van der Waals surface area contributed by atoms with Crippen molar-refractivity contribution in [3.8, 4) is 0 Å². The Morgan fingerprint density at radius 3 is 3.00 bits per heavy atom. The Morgan fingerprint density at radius 2 is 2.25 bits per heavy atom. The fraction of sp³-hybridized carbons (Fsp3) is 0.400. The van der Waals surface area contributed by atoms with Crippen molar-refractivity contribution >= 4 is 11.8 Å². The first-order chi connectivity index (χ1) is 5.81. The zero-order valence-electron chi connectivity index (χ0n) is 7.08. The van der Waals surface area contributed by atoms with Crippen LogP contribution >= 0.6 is 11.8 Å². The van der Waals surface area contributed by atoms with Crippen LogP contribution in [0.25, 0.3) is 0 Å². The van der Waals surface area contributed by atoms with Crippen LogP contribution in [0.1, 0.15) is 11.1 Å². The van der Waals surface area contributed by atoms with E-state index in [1.54, 1.807) is 11.8 Å². The molecule has 0 heterocycles. The van der Waals surface area contributed by atoms with E-state index in [1.807, 2.05) is 0 Å². The van der Waals surface area contributed by atoms with Crippen molar-refractivity contribution in [2.24, 2.45) is 0 Å². The van der Waals surface area contributed by atoms with Crippen LogP contribution in [0.4, 0.5) is 0 Å². The Kier molecular flexibility index (Phi) is 2.11. The molecule has 1 aromatic rings. The first kappa shape index (κ1) is 8.14. The van der Waals surface area contributed by atoms with Gasteiger partial charge in [0.05, 0.1) is 6.10 Å². The van der Waals surface area contributed by atoms with Gasteiger partial charge in [0.2, 0.25) is 0 Å². The Morgan fingerprint density at radius 1 is 1.42 bits per heavy atom. The molecule has 64 valence electrons. The van der Waals surface area contributed by atoms with E-state index in [-0.39, 0.29) is 6.10 Å². The van der Waals surface area contributed by atoms with Crippen LogP contribution in [0.3, 0.4) is 0 Å². The maximum Gasteiger partial charge on any atom is 0.0621 e. The van der Waals surface area contributed by atoms with Gasteiger partial charge in [0.25, 0.3) is 0 Å². The molecule has 2 rings (SSSR count). The van der Waals surface area contributed by atoms with Crippen molar-refractivity contribution in [2.45, 2.75) is 23.8 Å². The topological polar surface area (TPSA) is 20.2 Å². The fourth-order valence-electron chi connectivity index (χ4n) is 1.79. The van der Waals surface area contributed by atoms with E-state index in [9.17, 15) is 5.11 Å². The summed E-state index contributed by atoms with van der Waals surface area (Å²) in [4.78, 5) is 1.32. The van der Waals surface area contributed by atoms with Gasteiger partial charge >= 0.3 is 0 Å². The van der Waals surface area contributed by atoms with Crippen LogP contribution in [-0.2, 0) is 12.8 Å². The monoisotopic (exact) mass is 180 g/mol. The van der Waals surface area contributed by atoms with Gasteiger partial charge in [0, 0.05) is 11.3 Å². The summed E-state index contributed by atoms with van der Waals surface area (Å²) in [6.45, 7) is 0. The third-order valence-electron chi connectivity index (χ3n) is 2.35. The summed E-state index contributed by atoms with van der Waals surface area (Å²) in [5, 5.41) is 9.46. The predicted molar refractivity (Wildman–Crippen MR) is 51.6 cm³/mol. The highest BCUT2D eigenvalue weighted by molar-refractivity contribution is 7.98. The molecule has 1 atom stereocenters. The third kappa shape index (κ3) is 1.25. The van der Waals surface area contributed by atoms with Crippen molar-refractivity contribution in [2.75, 3.05) is 6.26 Å². The summed E-state index contributed by atoms with van der Waals surface area (Å²) in [5.41, 5.74) is 2.69. The number of hydrogen-bond donors (Lipinski definition) is 1. The van der Waals surface area contributed by atoms with Crippen molar-refractivity contribution in [1.29, 1.82) is 0 Å². The highest BCUT2D eigenvalue weighted by Crippen LogP contribution is 2.30. The molecule has 1 aliphatic rings. The van der Waals surface area contributed by atoms with Gasteiger partial charge in [0.15, 0.2) is 0 Å². The van der Waals surface area contributed by atoms with Crippen molar-refractivity contribution in [3.05, 3.63) is 29.3 Å². The van der Waals surface area contributed by atoms with Crippen LogP contribution < -0.4 is 0 Å². The number of hydrogen-bond acceptors (Lipinski definition) is 2. The zero-order valence-corrected chi connectivity index (χ0v) is 7.90. The number of aliphatic hydroxyl groups excluding tert-OH is 1. The normalized spacial score (nSPS) is 21.0. The summed E-state index contributed by atoms with van der Waals surface area (Å²) < 4.78 is 0. The molecular weight excluding hydrogens is 168 g/mol. The molecule has 1 unspecified atom stereocenters. The van der Waals surface area contributed by atoms with Gasteiger partial charge < -0.3 is 5.11 Å². The van der Waals surface area contributed by atoms with Gasteiger partial charge in [-0.3, -0.25) is 0 Å². The van der Waals surface area contributed by atoms with E-state index < -0.39 is 0 Å². The highest BCUT2D eigenvalue weighted by atomic mass is 32.2. The average Bonchev–Trinajstić information content (AvgIpc) is 2.44. The summed E-state index contributed by atoms with van der Waals surface area (Å²) in [5.74, 6) is 0. The molecule has 1 aliphatic carbocycles. The molecule has 1 nitrogen and oxygen atoms in total. The highest BCUT2D eigenvalue weighted by Gasteiger charge is 2.20. The molecule has 0 bridgehead atoms. The smallest absolute Gasteiger partial charge is 0.0621 e. The van der Waals surface area contributed by atoms with E-state index in [1.165, 1.54) is 16.0 Å². The molecule has 0 radical (unpaired) electrons. The Balaban J connectivity index is 2.44. The average molecular weight is 180 g/mol. The fourth-order valence-corrected chi connectivity index (χ4v) is 2.46. The van der Waals surface area contributed by atoms with E-state index in [0.717, 1.165) is 12.8 Å². The summed E-state index contributed by atoms with van der Waals surface area (Å²) in [6, 6.07) is 6.32. The maximum atomic E-state index is 9.46. The quantitative estimate of drug-likeness (QED) is 0.666. The molecular formula is C10H12OS. The molecule has 1 aromatic carbocycles. The Bertz CT molecular complexity index is 296. The molecule has 1 N–H and O–H groups in total. The second kappa shape index (κ2) is 3.11. The summed E-state index contributed by atoms with van der Waals surface area (Å²) in [7, 11) is 0. The maximum absolute atomic E-state index is 9.46. The van der Waals surface area contributed by atoms with Crippen LogP contribution in [0.2, 0.25) is 0 Å². The number of rotatable bonds is 1. The second-order valence-electron chi connectivity index (χ2n) is 3.16. The molecule has 0 aliphatic heterocycles. The van der Waals surface area contributed by atoms with Crippen molar-refractivity contribution in [3.63, 3.8) is 0 Å². The number of fused-ring (bicyclic) bond motifs is 1. The molecule has 12 heavy (non-hydrogen) atoms. The first-order valence-electron chi connectivity index (χ1n) is 4.14. The minimum Gasteiger partial charge on any atom is -0.392 e. The lowest BCUT2D eigenvalue weighted by atomic mass is 10.1. The Labute approximate surface area is 76.8 Å². The largest absolute Gasteiger partial charge is 0.392 e. The molecule has 0 saturated heterocycles. The number of aliphatic hydroxyl groups is 1. The van der Waals surface area contributed by atoms with Crippen molar-refractivity contribution < 1.29 is 5.11 Å². The van der Waals surface area contributed by atoms with E-state index >= 15 is 0 Å². The first-order valence-corrected chi connectivity index (χ1v) is 5.36. The Hall–Kier alpha value is -0.470. The SMILES string of the molecule is CSc1cccc2c1CC(O)C2. The lowest BCUT2D eigenvalue weighted by Gasteiger charge is -2.03. The lowest BCUT2D eigenvalue weighted by molar-refractivity contribution is 0.186. The van der Waals surface area contributed by atoms with E-state index in [0.29, 0.717) is 0 Å². The predicted octanol–water partition coefficient (Wildman–Crippen LogP) is 1.87. The van der Waals surface area contributed by atoms with Crippen LogP contribution in [-0.4, -0.2) is 17.5 Å². The third-order valence-corrected chi connectivity index (χ3v) is 3.17. The van der Waals surface area contributed by atoms with Crippen LogP contribution in [0.5, 0.6) is 0 Å². The van der Waals surface area contributed by atoms with E-state index in [2.05, 4.69) is 24.5 Å². The summed E-state index contributed by atoms with van der Waals surface area (Å²) in [6.07, 6.45) is 3.62. The van der Waals surface area contributed by atoms with Gasteiger partial charge in [-0.15, -0.1) is 11.8 Å². The van der Waals surface area contributed by atoms with E-state index in [4.69, 9.17) is 0 Å². The van der Waals surface area contributed by atoms with Crippen LogP contribution in [0.15, 0.2) is 23.1 Å². The molecule has 0 fully saturated rings. The van der Waals surface area contributed by atoms with Crippen molar-refractivity contribution in [1.82, 2.24) is 0 Å².